The van der Waals surface area contributed by atoms with Gasteiger partial charge in [-0.15, -0.1) is 0 Å². The van der Waals surface area contributed by atoms with Crippen LogP contribution in [0.1, 0.15) is 19.8 Å². The van der Waals surface area contributed by atoms with Gasteiger partial charge in [0.25, 0.3) is 0 Å². The van der Waals surface area contributed by atoms with E-state index < -0.39 is 6.17 Å². The lowest BCUT2D eigenvalue weighted by Gasteiger charge is -2.10. The van der Waals surface area contributed by atoms with Crippen molar-refractivity contribution in [1.29, 1.82) is 0 Å². The van der Waals surface area contributed by atoms with E-state index in [2.05, 4.69) is 10.6 Å². The van der Waals surface area contributed by atoms with Gasteiger partial charge in [-0.1, -0.05) is 6.92 Å². The van der Waals surface area contributed by atoms with Gasteiger partial charge in [0.15, 0.2) is 0 Å². The third kappa shape index (κ3) is 15.4. The standard InChI is InChI=1S/C14H29FN2O4/c1-3-14(18)17-12-13(15)4-6-19-8-10-21-11-9-20-7-5-16-2/h13,16H,3-12H2,1-2H3,(H,17,18). The number of carbonyl (C=O) groups excluding carboxylic acids is 1. The fourth-order valence-electron chi connectivity index (χ4n) is 1.38. The molecule has 2 N–H and O–H groups in total. The molecule has 0 aliphatic carbocycles. The number of likely N-dealkylation sites (N-methyl/N-ethyl adjacent to an activating group) is 1. The number of hydrogen-bond acceptors (Lipinski definition) is 5. The molecule has 1 unspecified atom stereocenters. The van der Waals surface area contributed by atoms with Crippen LogP contribution >= 0.6 is 0 Å². The summed E-state index contributed by atoms with van der Waals surface area (Å²) in [7, 11) is 1.87. The van der Waals surface area contributed by atoms with Crippen LogP contribution in [-0.4, -0.2) is 71.9 Å². The summed E-state index contributed by atoms with van der Waals surface area (Å²) >= 11 is 0. The van der Waals surface area contributed by atoms with Gasteiger partial charge in [0.1, 0.15) is 6.17 Å². The molecule has 21 heavy (non-hydrogen) atoms. The van der Waals surface area contributed by atoms with Crippen molar-refractivity contribution in [3.63, 3.8) is 0 Å². The van der Waals surface area contributed by atoms with Gasteiger partial charge in [0.05, 0.1) is 33.0 Å². The minimum atomic E-state index is -1.07. The van der Waals surface area contributed by atoms with Crippen LogP contribution in [0.3, 0.4) is 0 Å². The number of rotatable bonds is 15. The largest absolute Gasteiger partial charge is 0.379 e. The van der Waals surface area contributed by atoms with Crippen molar-refractivity contribution in [3.05, 3.63) is 0 Å². The van der Waals surface area contributed by atoms with Crippen molar-refractivity contribution in [1.82, 2.24) is 10.6 Å². The first-order valence-electron chi connectivity index (χ1n) is 7.49. The smallest absolute Gasteiger partial charge is 0.219 e. The fraction of sp³-hybridized carbons (Fsp3) is 0.929. The number of halogens is 1. The molecule has 0 fully saturated rings. The summed E-state index contributed by atoms with van der Waals surface area (Å²) in [4.78, 5) is 10.9. The van der Waals surface area contributed by atoms with E-state index in [1.54, 1.807) is 6.92 Å². The van der Waals surface area contributed by atoms with Gasteiger partial charge < -0.3 is 24.8 Å². The van der Waals surface area contributed by atoms with E-state index in [1.807, 2.05) is 7.05 Å². The molecule has 7 heteroatoms. The Morgan fingerprint density at radius 2 is 1.62 bits per heavy atom. The summed E-state index contributed by atoms with van der Waals surface area (Å²) in [5.74, 6) is -0.135. The molecule has 0 saturated carbocycles. The number of alkyl halides is 1. The Bertz CT molecular complexity index is 245. The maximum atomic E-state index is 13.3. The van der Waals surface area contributed by atoms with E-state index in [0.29, 0.717) is 46.1 Å². The average molecular weight is 308 g/mol. The van der Waals surface area contributed by atoms with E-state index in [9.17, 15) is 9.18 Å². The van der Waals surface area contributed by atoms with Gasteiger partial charge in [0.2, 0.25) is 5.91 Å². The van der Waals surface area contributed by atoms with Gasteiger partial charge in [-0.2, -0.15) is 0 Å². The second kappa shape index (κ2) is 15.6. The van der Waals surface area contributed by atoms with Gasteiger partial charge in [-0.3, -0.25) is 4.79 Å². The van der Waals surface area contributed by atoms with E-state index in [4.69, 9.17) is 14.2 Å². The van der Waals surface area contributed by atoms with E-state index in [-0.39, 0.29) is 18.9 Å². The third-order valence-electron chi connectivity index (χ3n) is 2.66. The lowest BCUT2D eigenvalue weighted by Crippen LogP contribution is -2.30. The number of carbonyl (C=O) groups is 1. The third-order valence-corrected chi connectivity index (χ3v) is 2.66. The first-order chi connectivity index (χ1) is 10.2. The Morgan fingerprint density at radius 3 is 2.19 bits per heavy atom. The van der Waals surface area contributed by atoms with Crippen LogP contribution in [0.15, 0.2) is 0 Å². The first-order valence-corrected chi connectivity index (χ1v) is 7.49. The van der Waals surface area contributed by atoms with E-state index in [1.165, 1.54) is 0 Å². The van der Waals surface area contributed by atoms with Crippen molar-refractivity contribution >= 4 is 5.91 Å². The average Bonchev–Trinajstić information content (AvgIpc) is 2.50. The van der Waals surface area contributed by atoms with Crippen LogP contribution in [0.5, 0.6) is 0 Å². The second-order valence-corrected chi connectivity index (χ2v) is 4.48. The van der Waals surface area contributed by atoms with E-state index in [0.717, 1.165) is 6.54 Å². The molecule has 0 aliphatic rings. The molecule has 0 radical (unpaired) electrons. The monoisotopic (exact) mass is 308 g/mol. The van der Waals surface area contributed by atoms with E-state index >= 15 is 0 Å². The minimum Gasteiger partial charge on any atom is -0.379 e. The first kappa shape index (κ1) is 20.2. The summed E-state index contributed by atoms with van der Waals surface area (Å²) in [5.41, 5.74) is 0. The normalized spacial score (nSPS) is 12.3. The number of amides is 1. The molecule has 0 heterocycles. The summed E-state index contributed by atoms with van der Waals surface area (Å²) in [6.07, 6.45) is -0.418. The van der Waals surface area contributed by atoms with Crippen LogP contribution in [0, 0.1) is 0 Å². The fourth-order valence-corrected chi connectivity index (χ4v) is 1.38. The Morgan fingerprint density at radius 1 is 1.05 bits per heavy atom. The highest BCUT2D eigenvalue weighted by Gasteiger charge is 2.07. The Balaban J connectivity index is 3.16. The SMILES string of the molecule is CCC(=O)NCC(F)CCOCCOCCOCCNC. The maximum absolute atomic E-state index is 13.3. The van der Waals surface area contributed by atoms with Crippen LogP contribution in [0.2, 0.25) is 0 Å². The highest BCUT2D eigenvalue weighted by atomic mass is 19.1. The van der Waals surface area contributed by atoms with Crippen LogP contribution in [0.4, 0.5) is 4.39 Å². The van der Waals surface area contributed by atoms with Crippen LogP contribution in [-0.2, 0) is 19.0 Å². The number of hydrogen-bond donors (Lipinski definition) is 2. The lowest BCUT2D eigenvalue weighted by atomic mass is 10.3. The highest BCUT2D eigenvalue weighted by molar-refractivity contribution is 5.75. The molecule has 0 aromatic carbocycles. The molecule has 0 aromatic heterocycles. The van der Waals surface area contributed by atoms with Crippen molar-refractivity contribution in [2.45, 2.75) is 25.9 Å². The highest BCUT2D eigenvalue weighted by Crippen LogP contribution is 1.97. The number of ether oxygens (including phenoxy) is 3. The van der Waals surface area contributed by atoms with Crippen molar-refractivity contribution in [2.24, 2.45) is 0 Å². The molecule has 0 bridgehead atoms. The summed E-state index contributed by atoms with van der Waals surface area (Å²) < 4.78 is 29.2. The molecule has 0 aliphatic heterocycles. The molecular formula is C14H29FN2O4. The second-order valence-electron chi connectivity index (χ2n) is 4.48. The Hall–Kier alpha value is -0.760. The molecule has 0 aromatic rings. The molecule has 0 saturated heterocycles. The predicted octanol–water partition coefficient (Wildman–Crippen LogP) is 0.510. The minimum absolute atomic E-state index is 0.0521. The zero-order chi connectivity index (χ0) is 15.8. The van der Waals surface area contributed by atoms with Crippen LogP contribution in [0.25, 0.3) is 0 Å². The molecule has 1 atom stereocenters. The summed E-state index contributed by atoms with van der Waals surface area (Å²) in [6.45, 7) is 5.60. The number of nitrogens with one attached hydrogen (secondary N) is 2. The zero-order valence-electron chi connectivity index (χ0n) is 13.2. The van der Waals surface area contributed by atoms with Gasteiger partial charge in [-0.05, 0) is 7.05 Å². The Labute approximate surface area is 126 Å². The van der Waals surface area contributed by atoms with Gasteiger partial charge in [-0.25, -0.2) is 4.39 Å². The van der Waals surface area contributed by atoms with Gasteiger partial charge in [0, 0.05) is 32.5 Å². The Kier molecular flexibility index (Phi) is 15.1. The summed E-state index contributed by atoms with van der Waals surface area (Å²) in [5, 5.41) is 5.49. The van der Waals surface area contributed by atoms with Crippen molar-refractivity contribution < 1.29 is 23.4 Å². The maximum Gasteiger partial charge on any atom is 0.219 e. The lowest BCUT2D eigenvalue weighted by molar-refractivity contribution is -0.121. The van der Waals surface area contributed by atoms with Crippen molar-refractivity contribution in [3.8, 4) is 0 Å². The summed E-state index contributed by atoms with van der Waals surface area (Å²) in [6, 6.07) is 0. The molecule has 126 valence electrons. The van der Waals surface area contributed by atoms with Gasteiger partial charge >= 0.3 is 0 Å². The topological polar surface area (TPSA) is 68.8 Å². The van der Waals surface area contributed by atoms with Crippen molar-refractivity contribution in [2.75, 3.05) is 59.8 Å². The molecule has 1 amide bonds. The predicted molar refractivity (Wildman–Crippen MR) is 79.2 cm³/mol. The zero-order valence-corrected chi connectivity index (χ0v) is 13.2. The molecule has 6 nitrogen and oxygen atoms in total. The molecule has 0 spiro atoms. The van der Waals surface area contributed by atoms with Crippen LogP contribution < -0.4 is 10.6 Å². The molecule has 0 rings (SSSR count). The molecular weight excluding hydrogens is 279 g/mol. The quantitative estimate of drug-likeness (QED) is 0.432.